The van der Waals surface area contributed by atoms with Gasteiger partial charge in [0, 0.05) is 11.6 Å². The number of rotatable bonds is 7. The zero-order chi connectivity index (χ0) is 13.7. The van der Waals surface area contributed by atoms with Gasteiger partial charge in [0.15, 0.2) is 18.1 Å². The Morgan fingerprint density at radius 1 is 1.37 bits per heavy atom. The lowest BCUT2D eigenvalue weighted by molar-refractivity contribution is -0.123. The maximum absolute atomic E-state index is 11.5. The third kappa shape index (κ3) is 3.98. The lowest BCUT2D eigenvalue weighted by Crippen LogP contribution is -2.30. The van der Waals surface area contributed by atoms with Gasteiger partial charge in [-0.25, -0.2) is 0 Å². The van der Waals surface area contributed by atoms with Crippen molar-refractivity contribution in [3.63, 3.8) is 0 Å². The van der Waals surface area contributed by atoms with E-state index in [4.69, 9.17) is 9.47 Å². The fourth-order valence-corrected chi connectivity index (χ4v) is 1.63. The summed E-state index contributed by atoms with van der Waals surface area (Å²) < 4.78 is 10.8. The fraction of sp³-hybridized carbons (Fsp3) is 0.429. The van der Waals surface area contributed by atoms with Crippen LogP contribution in [-0.2, 0) is 4.79 Å². The number of ether oxygens (including phenoxy) is 2. The van der Waals surface area contributed by atoms with Crippen LogP contribution in [0.1, 0.15) is 30.1 Å². The van der Waals surface area contributed by atoms with Gasteiger partial charge in [0.05, 0.1) is 6.61 Å². The highest BCUT2D eigenvalue weighted by Gasteiger charge is 2.23. The molecule has 0 saturated heterocycles. The molecule has 0 bridgehead atoms. The van der Waals surface area contributed by atoms with E-state index in [2.05, 4.69) is 5.32 Å². The van der Waals surface area contributed by atoms with Crippen LogP contribution in [0.4, 0.5) is 0 Å². The maximum atomic E-state index is 11.5. The SMILES string of the molecule is CCOc1cc(C=O)ccc1OCC(=O)NC1CC1. The molecule has 102 valence electrons. The van der Waals surface area contributed by atoms with E-state index in [1.54, 1.807) is 18.2 Å². The first-order valence-electron chi connectivity index (χ1n) is 6.37. The predicted molar refractivity (Wildman–Crippen MR) is 69.7 cm³/mol. The molecule has 1 aromatic rings. The van der Waals surface area contributed by atoms with Crippen molar-refractivity contribution in [2.45, 2.75) is 25.8 Å². The van der Waals surface area contributed by atoms with Gasteiger partial charge in [-0.05, 0) is 38.0 Å². The van der Waals surface area contributed by atoms with Crippen LogP contribution in [0.5, 0.6) is 11.5 Å². The van der Waals surface area contributed by atoms with Gasteiger partial charge in [-0.3, -0.25) is 9.59 Å². The summed E-state index contributed by atoms with van der Waals surface area (Å²) >= 11 is 0. The van der Waals surface area contributed by atoms with Crippen LogP contribution in [0.2, 0.25) is 0 Å². The Bertz CT molecular complexity index is 469. The number of amides is 1. The maximum Gasteiger partial charge on any atom is 0.258 e. The zero-order valence-corrected chi connectivity index (χ0v) is 10.8. The van der Waals surface area contributed by atoms with Crippen molar-refractivity contribution in [2.24, 2.45) is 0 Å². The smallest absolute Gasteiger partial charge is 0.258 e. The molecule has 2 rings (SSSR count). The summed E-state index contributed by atoms with van der Waals surface area (Å²) in [6.45, 7) is 2.26. The summed E-state index contributed by atoms with van der Waals surface area (Å²) in [6.07, 6.45) is 2.83. The van der Waals surface area contributed by atoms with Crippen LogP contribution < -0.4 is 14.8 Å². The van der Waals surface area contributed by atoms with Crippen molar-refractivity contribution in [3.8, 4) is 11.5 Å². The second-order valence-corrected chi connectivity index (χ2v) is 4.39. The topological polar surface area (TPSA) is 64.6 Å². The minimum absolute atomic E-state index is 0.0446. The quantitative estimate of drug-likeness (QED) is 0.758. The van der Waals surface area contributed by atoms with Gasteiger partial charge < -0.3 is 14.8 Å². The van der Waals surface area contributed by atoms with E-state index < -0.39 is 0 Å². The summed E-state index contributed by atoms with van der Waals surface area (Å²) in [5.74, 6) is 0.814. The molecule has 0 aromatic heterocycles. The van der Waals surface area contributed by atoms with E-state index in [1.165, 1.54) is 0 Å². The number of nitrogens with one attached hydrogen (secondary N) is 1. The molecule has 0 unspecified atom stereocenters. The molecule has 0 spiro atoms. The van der Waals surface area contributed by atoms with Crippen molar-refractivity contribution in [1.29, 1.82) is 0 Å². The Balaban J connectivity index is 1.96. The zero-order valence-electron chi connectivity index (χ0n) is 10.8. The Morgan fingerprint density at radius 2 is 2.16 bits per heavy atom. The molecule has 5 heteroatoms. The van der Waals surface area contributed by atoms with Crippen molar-refractivity contribution in [1.82, 2.24) is 5.32 Å². The third-order valence-electron chi connectivity index (χ3n) is 2.70. The lowest BCUT2D eigenvalue weighted by atomic mass is 10.2. The number of benzene rings is 1. The van der Waals surface area contributed by atoms with Crippen LogP contribution in [0, 0.1) is 0 Å². The van der Waals surface area contributed by atoms with Crippen LogP contribution in [0.25, 0.3) is 0 Å². The Labute approximate surface area is 111 Å². The van der Waals surface area contributed by atoms with E-state index in [0.29, 0.717) is 29.7 Å². The largest absolute Gasteiger partial charge is 0.490 e. The number of aldehydes is 1. The van der Waals surface area contributed by atoms with Crippen molar-refractivity contribution >= 4 is 12.2 Å². The second-order valence-electron chi connectivity index (χ2n) is 4.39. The average molecular weight is 263 g/mol. The summed E-state index contributed by atoms with van der Waals surface area (Å²) in [7, 11) is 0. The molecule has 1 N–H and O–H groups in total. The minimum atomic E-state index is -0.135. The van der Waals surface area contributed by atoms with Gasteiger partial charge in [-0.15, -0.1) is 0 Å². The van der Waals surface area contributed by atoms with Gasteiger partial charge in [0.25, 0.3) is 5.91 Å². The fourth-order valence-electron chi connectivity index (χ4n) is 1.63. The molecular formula is C14H17NO4. The number of carbonyl (C=O) groups excluding carboxylic acids is 2. The van der Waals surface area contributed by atoms with Crippen LogP contribution in [0.15, 0.2) is 18.2 Å². The first kappa shape index (κ1) is 13.4. The van der Waals surface area contributed by atoms with Crippen LogP contribution >= 0.6 is 0 Å². The molecule has 1 aromatic carbocycles. The van der Waals surface area contributed by atoms with Gasteiger partial charge in [0.1, 0.15) is 6.29 Å². The molecule has 0 aliphatic heterocycles. The number of carbonyl (C=O) groups is 2. The molecule has 5 nitrogen and oxygen atoms in total. The highest BCUT2D eigenvalue weighted by atomic mass is 16.5. The summed E-state index contributed by atoms with van der Waals surface area (Å²) in [5.41, 5.74) is 0.512. The highest BCUT2D eigenvalue weighted by Crippen LogP contribution is 2.28. The normalized spacial score (nSPS) is 13.7. The second kappa shape index (κ2) is 6.22. The molecule has 0 heterocycles. The van der Waals surface area contributed by atoms with Gasteiger partial charge in [-0.2, -0.15) is 0 Å². The lowest BCUT2D eigenvalue weighted by Gasteiger charge is -2.12. The number of hydrogen-bond acceptors (Lipinski definition) is 4. The van der Waals surface area contributed by atoms with Crippen LogP contribution in [-0.4, -0.2) is 31.4 Å². The van der Waals surface area contributed by atoms with Crippen LogP contribution in [0.3, 0.4) is 0 Å². The van der Waals surface area contributed by atoms with E-state index in [9.17, 15) is 9.59 Å². The van der Waals surface area contributed by atoms with E-state index in [-0.39, 0.29) is 12.5 Å². The standard InChI is InChI=1S/C14H17NO4/c1-2-18-13-7-10(8-16)3-6-12(13)19-9-14(17)15-11-4-5-11/h3,6-8,11H,2,4-5,9H2,1H3,(H,15,17). The van der Waals surface area contributed by atoms with Crippen molar-refractivity contribution in [2.75, 3.05) is 13.2 Å². The molecule has 1 amide bonds. The van der Waals surface area contributed by atoms with Crippen molar-refractivity contribution < 1.29 is 19.1 Å². The summed E-state index contributed by atoms with van der Waals surface area (Å²) in [4.78, 5) is 22.2. The average Bonchev–Trinajstić information content (AvgIpc) is 3.21. The van der Waals surface area contributed by atoms with E-state index >= 15 is 0 Å². The Hall–Kier alpha value is -2.04. The monoisotopic (exact) mass is 263 g/mol. The van der Waals surface area contributed by atoms with Crippen molar-refractivity contribution in [3.05, 3.63) is 23.8 Å². The van der Waals surface area contributed by atoms with Gasteiger partial charge in [-0.1, -0.05) is 0 Å². The minimum Gasteiger partial charge on any atom is -0.490 e. The molecule has 1 aliphatic carbocycles. The van der Waals surface area contributed by atoms with E-state index in [1.807, 2.05) is 6.92 Å². The third-order valence-corrected chi connectivity index (χ3v) is 2.70. The molecule has 0 radical (unpaired) electrons. The van der Waals surface area contributed by atoms with Gasteiger partial charge >= 0.3 is 0 Å². The predicted octanol–water partition coefficient (Wildman–Crippen LogP) is 1.56. The summed E-state index contributed by atoms with van der Waals surface area (Å²) in [6, 6.07) is 5.19. The molecule has 1 fully saturated rings. The Kier molecular flexibility index (Phi) is 4.39. The highest BCUT2D eigenvalue weighted by molar-refractivity contribution is 5.79. The molecule has 1 aliphatic rings. The molecule has 19 heavy (non-hydrogen) atoms. The Morgan fingerprint density at radius 3 is 2.79 bits per heavy atom. The first-order chi connectivity index (χ1) is 9.22. The molecule has 0 atom stereocenters. The molecule has 1 saturated carbocycles. The van der Waals surface area contributed by atoms with E-state index in [0.717, 1.165) is 19.1 Å². The number of hydrogen-bond donors (Lipinski definition) is 1. The first-order valence-corrected chi connectivity index (χ1v) is 6.37. The molecular weight excluding hydrogens is 246 g/mol. The van der Waals surface area contributed by atoms with Gasteiger partial charge in [0.2, 0.25) is 0 Å². The summed E-state index contributed by atoms with van der Waals surface area (Å²) in [5, 5.41) is 2.84.